The predicted octanol–water partition coefficient (Wildman–Crippen LogP) is 0.737. The van der Waals surface area contributed by atoms with Gasteiger partial charge in [0, 0.05) is 24.3 Å². The second kappa shape index (κ2) is 9.88. The maximum absolute atomic E-state index is 13.3. The quantitative estimate of drug-likeness (QED) is 0.530. The third kappa shape index (κ3) is 5.05. The van der Waals surface area contributed by atoms with Crippen molar-refractivity contribution < 1.29 is 42.4 Å². The minimum Gasteiger partial charge on any atom is -0.486 e. The Kier molecular flexibility index (Phi) is 7.42. The van der Waals surface area contributed by atoms with Gasteiger partial charge in [-0.3, -0.25) is 9.59 Å². The topological polar surface area (TPSA) is 108 Å². The highest BCUT2D eigenvalue weighted by Gasteiger charge is 2.51. The summed E-state index contributed by atoms with van der Waals surface area (Å²) in [5.74, 6) is -1.96. The van der Waals surface area contributed by atoms with Gasteiger partial charge in [-0.25, -0.2) is 0 Å². The standard InChI is InChI=1S/C21H25F3N2O6/c1-2-31-10-16(28)26(11-21(22,23)24)14-9-13(20(30)25-7-8-27)17-12-5-3-4-6-15(12)32-19(17)18(14)29/h3-6,9,14,17-19,27,29H,2,7-8,10-11H2,1H3,(H,25,30). The van der Waals surface area contributed by atoms with Gasteiger partial charge in [0.1, 0.15) is 31.1 Å². The van der Waals surface area contributed by atoms with Crippen LogP contribution in [0.2, 0.25) is 0 Å². The Morgan fingerprint density at radius 3 is 2.66 bits per heavy atom. The number of nitrogens with zero attached hydrogens (tertiary/aromatic N) is 1. The van der Waals surface area contributed by atoms with Gasteiger partial charge in [0.05, 0.1) is 18.6 Å². The van der Waals surface area contributed by atoms with Gasteiger partial charge in [-0.1, -0.05) is 18.2 Å². The van der Waals surface area contributed by atoms with Gasteiger partial charge in [0.2, 0.25) is 11.8 Å². The first-order valence-corrected chi connectivity index (χ1v) is 10.2. The molecule has 2 aliphatic rings. The molecule has 4 unspecified atom stereocenters. The number of hydrogen-bond acceptors (Lipinski definition) is 6. The summed E-state index contributed by atoms with van der Waals surface area (Å²) >= 11 is 0. The van der Waals surface area contributed by atoms with Crippen LogP contribution in [0.25, 0.3) is 0 Å². The fraction of sp³-hybridized carbons (Fsp3) is 0.524. The molecule has 1 aliphatic carbocycles. The van der Waals surface area contributed by atoms with Crippen LogP contribution in [-0.4, -0.2) is 84.3 Å². The van der Waals surface area contributed by atoms with E-state index in [1.54, 1.807) is 31.2 Å². The number of benzene rings is 1. The number of nitrogens with one attached hydrogen (secondary N) is 1. The molecule has 176 valence electrons. The minimum atomic E-state index is -4.74. The molecule has 4 atom stereocenters. The highest BCUT2D eigenvalue weighted by molar-refractivity contribution is 5.96. The van der Waals surface area contributed by atoms with E-state index in [2.05, 4.69) is 5.32 Å². The smallest absolute Gasteiger partial charge is 0.406 e. The van der Waals surface area contributed by atoms with Crippen molar-refractivity contribution in [2.45, 2.75) is 37.3 Å². The Labute approximate surface area is 182 Å². The van der Waals surface area contributed by atoms with Crippen molar-refractivity contribution in [3.63, 3.8) is 0 Å². The maximum Gasteiger partial charge on any atom is 0.406 e. The number of carbonyl (C=O) groups excluding carboxylic acids is 2. The van der Waals surface area contributed by atoms with Crippen LogP contribution in [-0.2, 0) is 14.3 Å². The van der Waals surface area contributed by atoms with E-state index in [1.165, 1.54) is 6.08 Å². The Bertz CT molecular complexity index is 875. The van der Waals surface area contributed by atoms with Crippen LogP contribution in [0.4, 0.5) is 13.2 Å². The lowest BCUT2D eigenvalue weighted by atomic mass is 9.77. The second-order valence-corrected chi connectivity index (χ2v) is 7.45. The van der Waals surface area contributed by atoms with Gasteiger partial charge in [0.15, 0.2) is 0 Å². The zero-order chi connectivity index (χ0) is 23.5. The molecule has 1 aromatic rings. The molecule has 3 rings (SSSR count). The number of carbonyl (C=O) groups is 2. The van der Waals surface area contributed by atoms with E-state index < -0.39 is 55.3 Å². The molecule has 8 nitrogen and oxygen atoms in total. The van der Waals surface area contributed by atoms with Crippen molar-refractivity contribution in [2.24, 2.45) is 0 Å². The summed E-state index contributed by atoms with van der Waals surface area (Å²) in [6, 6.07) is 5.26. The van der Waals surface area contributed by atoms with Crippen LogP contribution >= 0.6 is 0 Å². The highest BCUT2D eigenvalue weighted by Crippen LogP contribution is 2.47. The van der Waals surface area contributed by atoms with Gasteiger partial charge in [-0.15, -0.1) is 0 Å². The lowest BCUT2D eigenvalue weighted by molar-refractivity contribution is -0.172. The molecule has 0 spiro atoms. The SMILES string of the molecule is CCOCC(=O)N(CC(F)(F)F)C1C=C(C(=O)NCCO)C2c3ccccc3OC2C1O. The summed E-state index contributed by atoms with van der Waals surface area (Å²) in [7, 11) is 0. The molecule has 0 radical (unpaired) electrons. The number of hydrogen-bond donors (Lipinski definition) is 3. The van der Waals surface area contributed by atoms with E-state index in [1.807, 2.05) is 0 Å². The average molecular weight is 458 g/mol. The molecule has 1 heterocycles. The van der Waals surface area contributed by atoms with Gasteiger partial charge in [-0.05, 0) is 19.1 Å². The number of alkyl halides is 3. The largest absolute Gasteiger partial charge is 0.486 e. The zero-order valence-electron chi connectivity index (χ0n) is 17.3. The molecule has 0 saturated heterocycles. The molecular weight excluding hydrogens is 433 g/mol. The number of fused-ring (bicyclic) bond motifs is 3. The third-order valence-corrected chi connectivity index (χ3v) is 5.34. The molecule has 2 amide bonds. The van der Waals surface area contributed by atoms with Gasteiger partial charge in [-0.2, -0.15) is 13.2 Å². The fourth-order valence-corrected chi connectivity index (χ4v) is 4.02. The van der Waals surface area contributed by atoms with Crippen LogP contribution in [0.1, 0.15) is 18.4 Å². The van der Waals surface area contributed by atoms with E-state index in [9.17, 15) is 27.9 Å². The molecule has 3 N–H and O–H groups in total. The number of aliphatic hydroxyl groups is 2. The molecule has 0 saturated carbocycles. The number of amides is 2. The van der Waals surface area contributed by atoms with Crippen LogP contribution < -0.4 is 10.1 Å². The first-order valence-electron chi connectivity index (χ1n) is 10.2. The number of aliphatic hydroxyl groups excluding tert-OH is 2. The predicted molar refractivity (Wildman–Crippen MR) is 106 cm³/mol. The first kappa shape index (κ1) is 24.0. The molecule has 0 fully saturated rings. The Morgan fingerprint density at radius 2 is 2.00 bits per heavy atom. The van der Waals surface area contributed by atoms with Crippen LogP contribution in [0.15, 0.2) is 35.9 Å². The minimum absolute atomic E-state index is 0.0556. The maximum atomic E-state index is 13.3. The fourth-order valence-electron chi connectivity index (χ4n) is 4.02. The first-order chi connectivity index (χ1) is 15.2. The summed E-state index contributed by atoms with van der Waals surface area (Å²) in [5, 5.41) is 22.5. The molecule has 1 aliphatic heterocycles. The Morgan fingerprint density at radius 1 is 1.28 bits per heavy atom. The van der Waals surface area contributed by atoms with Crippen molar-refractivity contribution >= 4 is 11.8 Å². The molecular formula is C21H25F3N2O6. The van der Waals surface area contributed by atoms with Crippen LogP contribution in [0.5, 0.6) is 5.75 Å². The van der Waals surface area contributed by atoms with E-state index in [0.29, 0.717) is 16.2 Å². The lowest BCUT2D eigenvalue weighted by Gasteiger charge is -2.40. The normalized spacial score (nSPS) is 24.1. The molecule has 0 aromatic heterocycles. The van der Waals surface area contributed by atoms with Crippen LogP contribution in [0, 0.1) is 0 Å². The average Bonchev–Trinajstić information content (AvgIpc) is 3.14. The number of rotatable bonds is 8. The van der Waals surface area contributed by atoms with Crippen molar-refractivity contribution in [1.82, 2.24) is 10.2 Å². The van der Waals surface area contributed by atoms with Crippen molar-refractivity contribution in [3.05, 3.63) is 41.5 Å². The summed E-state index contributed by atoms with van der Waals surface area (Å²) < 4.78 is 50.7. The Balaban J connectivity index is 2.03. The lowest BCUT2D eigenvalue weighted by Crippen LogP contribution is -2.58. The van der Waals surface area contributed by atoms with Gasteiger partial charge >= 0.3 is 6.18 Å². The van der Waals surface area contributed by atoms with E-state index >= 15 is 0 Å². The number of ether oxygens (including phenoxy) is 2. The van der Waals surface area contributed by atoms with Gasteiger partial charge < -0.3 is 29.9 Å². The third-order valence-electron chi connectivity index (χ3n) is 5.34. The monoisotopic (exact) mass is 458 g/mol. The van der Waals surface area contributed by atoms with Crippen molar-refractivity contribution in [1.29, 1.82) is 0 Å². The van der Waals surface area contributed by atoms with Crippen molar-refractivity contribution in [3.8, 4) is 5.75 Å². The molecule has 1 aromatic carbocycles. The van der Waals surface area contributed by atoms with E-state index in [0.717, 1.165) is 0 Å². The van der Waals surface area contributed by atoms with Crippen LogP contribution in [0.3, 0.4) is 0 Å². The summed E-state index contributed by atoms with van der Waals surface area (Å²) in [6.07, 6.45) is -6.17. The second-order valence-electron chi connectivity index (χ2n) is 7.45. The zero-order valence-corrected chi connectivity index (χ0v) is 17.3. The van der Waals surface area contributed by atoms with E-state index in [4.69, 9.17) is 14.6 Å². The Hall–Kier alpha value is -2.63. The summed E-state index contributed by atoms with van der Waals surface area (Å²) in [4.78, 5) is 25.9. The number of para-hydroxylation sites is 1. The van der Waals surface area contributed by atoms with Gasteiger partial charge in [0.25, 0.3) is 0 Å². The van der Waals surface area contributed by atoms with Crippen molar-refractivity contribution in [2.75, 3.05) is 32.9 Å². The summed E-state index contributed by atoms with van der Waals surface area (Å²) in [5.41, 5.74) is 0.656. The summed E-state index contributed by atoms with van der Waals surface area (Å²) in [6.45, 7) is -0.933. The molecule has 11 heteroatoms. The number of halogens is 3. The molecule has 32 heavy (non-hydrogen) atoms. The van der Waals surface area contributed by atoms with E-state index in [-0.39, 0.29) is 25.3 Å². The highest BCUT2D eigenvalue weighted by atomic mass is 19.4. The molecule has 0 bridgehead atoms.